The first-order valence-electron chi connectivity index (χ1n) is 11.7. The molecule has 36 heavy (non-hydrogen) atoms. The van der Waals surface area contributed by atoms with Crippen LogP contribution in [0.2, 0.25) is 0 Å². The summed E-state index contributed by atoms with van der Waals surface area (Å²) in [4.78, 5) is 28.1. The van der Waals surface area contributed by atoms with Crippen LogP contribution >= 0.6 is 0 Å². The second-order valence-corrected chi connectivity index (χ2v) is 8.87. The van der Waals surface area contributed by atoms with Gasteiger partial charge in [0, 0.05) is 11.3 Å². The van der Waals surface area contributed by atoms with E-state index in [1.165, 1.54) is 4.90 Å². The van der Waals surface area contributed by atoms with Crippen molar-refractivity contribution in [2.75, 3.05) is 25.7 Å². The van der Waals surface area contributed by atoms with Gasteiger partial charge in [-0.15, -0.1) is 0 Å². The third kappa shape index (κ3) is 4.91. The number of anilines is 1. The average Bonchev–Trinajstić information content (AvgIpc) is 3.17. The lowest BCUT2D eigenvalue weighted by Gasteiger charge is -2.26. The van der Waals surface area contributed by atoms with Gasteiger partial charge in [-0.1, -0.05) is 26.0 Å². The number of aliphatic hydroxyl groups is 1. The van der Waals surface area contributed by atoms with Crippen molar-refractivity contribution >= 4 is 23.1 Å². The molecule has 1 heterocycles. The van der Waals surface area contributed by atoms with Gasteiger partial charge >= 0.3 is 0 Å². The molecule has 1 amide bonds. The number of carbonyl (C=O) groups excluding carboxylic acids is 2. The number of Topliss-reactive ketones (excluding diaryl/α,β-unsaturated/α-hetero) is 1. The average molecular weight is 488 g/mol. The largest absolute Gasteiger partial charge is 0.507 e. The van der Waals surface area contributed by atoms with Gasteiger partial charge in [-0.05, 0) is 72.1 Å². The van der Waals surface area contributed by atoms with Gasteiger partial charge in [-0.2, -0.15) is 0 Å². The second kappa shape index (κ2) is 10.6. The maximum absolute atomic E-state index is 13.3. The standard InChI is InChI=1S/C29H29NO6/c1-18(2)17-36-23-14-10-21(11-15-23)30-26(20-6-5-7-24(16-20)35-4)25(28(32)29(30)33)27(31)19-8-12-22(34-3)13-9-19/h5-16,18,26,31H,17H2,1-4H3/b27-25-. The first-order valence-corrected chi connectivity index (χ1v) is 11.7. The zero-order valence-corrected chi connectivity index (χ0v) is 20.7. The van der Waals surface area contributed by atoms with Gasteiger partial charge in [-0.25, -0.2) is 0 Å². The molecule has 0 saturated carbocycles. The molecule has 1 aliphatic rings. The maximum atomic E-state index is 13.3. The van der Waals surface area contributed by atoms with Gasteiger partial charge in [0.1, 0.15) is 23.0 Å². The Bertz CT molecular complexity index is 1280. The van der Waals surface area contributed by atoms with Crippen LogP contribution in [0, 0.1) is 5.92 Å². The molecule has 3 aromatic rings. The van der Waals surface area contributed by atoms with Crippen LogP contribution in [-0.4, -0.2) is 37.6 Å². The van der Waals surface area contributed by atoms with Gasteiger partial charge in [-0.3, -0.25) is 14.5 Å². The highest BCUT2D eigenvalue weighted by atomic mass is 16.5. The van der Waals surface area contributed by atoms with Crippen LogP contribution in [0.3, 0.4) is 0 Å². The predicted molar refractivity (Wildman–Crippen MR) is 138 cm³/mol. The van der Waals surface area contributed by atoms with E-state index in [-0.39, 0.29) is 11.3 Å². The molecule has 3 aromatic carbocycles. The molecule has 186 valence electrons. The van der Waals surface area contributed by atoms with Crippen molar-refractivity contribution in [2.24, 2.45) is 5.92 Å². The lowest BCUT2D eigenvalue weighted by atomic mass is 9.95. The van der Waals surface area contributed by atoms with Gasteiger partial charge in [0.15, 0.2) is 0 Å². The molecule has 1 atom stereocenters. The Morgan fingerprint density at radius 3 is 2.14 bits per heavy atom. The Kier molecular flexibility index (Phi) is 7.29. The summed E-state index contributed by atoms with van der Waals surface area (Å²) >= 11 is 0. The third-order valence-electron chi connectivity index (χ3n) is 5.92. The van der Waals surface area contributed by atoms with E-state index < -0.39 is 17.7 Å². The fraction of sp³-hybridized carbons (Fsp3) is 0.241. The van der Waals surface area contributed by atoms with E-state index in [4.69, 9.17) is 14.2 Å². The number of carbonyl (C=O) groups is 2. The fourth-order valence-corrected chi connectivity index (χ4v) is 4.10. The molecule has 1 unspecified atom stereocenters. The predicted octanol–water partition coefficient (Wildman–Crippen LogP) is 5.36. The summed E-state index contributed by atoms with van der Waals surface area (Å²) in [7, 11) is 3.09. The molecule has 0 bridgehead atoms. The monoisotopic (exact) mass is 487 g/mol. The number of ether oxygens (including phenoxy) is 3. The van der Waals surface area contributed by atoms with Crippen LogP contribution in [0.5, 0.6) is 17.2 Å². The molecule has 0 radical (unpaired) electrons. The van der Waals surface area contributed by atoms with E-state index >= 15 is 0 Å². The summed E-state index contributed by atoms with van der Waals surface area (Å²) in [5.74, 6) is 0.457. The van der Waals surface area contributed by atoms with E-state index in [0.717, 1.165) is 0 Å². The van der Waals surface area contributed by atoms with Gasteiger partial charge in [0.05, 0.1) is 32.4 Å². The Labute approximate surface area is 210 Å². The Morgan fingerprint density at radius 1 is 0.889 bits per heavy atom. The Morgan fingerprint density at radius 2 is 1.53 bits per heavy atom. The highest BCUT2D eigenvalue weighted by Crippen LogP contribution is 2.43. The van der Waals surface area contributed by atoms with Gasteiger partial charge in [0.25, 0.3) is 11.7 Å². The molecule has 0 aromatic heterocycles. The van der Waals surface area contributed by atoms with Crippen molar-refractivity contribution in [3.8, 4) is 17.2 Å². The summed E-state index contributed by atoms with van der Waals surface area (Å²) in [6.07, 6.45) is 0. The van der Waals surface area contributed by atoms with Gasteiger partial charge < -0.3 is 19.3 Å². The number of amides is 1. The molecule has 1 aliphatic heterocycles. The number of hydrogen-bond donors (Lipinski definition) is 1. The molecule has 1 saturated heterocycles. The molecule has 1 fully saturated rings. The lowest BCUT2D eigenvalue weighted by Crippen LogP contribution is -2.29. The minimum atomic E-state index is -0.857. The minimum absolute atomic E-state index is 0.00134. The molecule has 0 aliphatic carbocycles. The van der Waals surface area contributed by atoms with E-state index in [0.29, 0.717) is 46.6 Å². The number of benzene rings is 3. The number of aliphatic hydroxyl groups excluding tert-OH is 1. The highest BCUT2D eigenvalue weighted by Gasteiger charge is 2.47. The van der Waals surface area contributed by atoms with Gasteiger partial charge in [0.2, 0.25) is 0 Å². The minimum Gasteiger partial charge on any atom is -0.507 e. The molecule has 1 N–H and O–H groups in total. The van der Waals surface area contributed by atoms with Crippen molar-refractivity contribution in [3.05, 3.63) is 89.5 Å². The van der Waals surface area contributed by atoms with Crippen LogP contribution in [0.15, 0.2) is 78.4 Å². The van der Waals surface area contributed by atoms with E-state index in [9.17, 15) is 14.7 Å². The topological polar surface area (TPSA) is 85.3 Å². The second-order valence-electron chi connectivity index (χ2n) is 8.87. The Hall–Kier alpha value is -4.26. The van der Waals surface area contributed by atoms with Crippen LogP contribution in [0.25, 0.3) is 5.76 Å². The summed E-state index contributed by atoms with van der Waals surface area (Å²) in [5, 5.41) is 11.2. The number of methoxy groups -OCH3 is 2. The third-order valence-corrected chi connectivity index (χ3v) is 5.92. The number of rotatable bonds is 8. The lowest BCUT2D eigenvalue weighted by molar-refractivity contribution is -0.132. The highest BCUT2D eigenvalue weighted by molar-refractivity contribution is 6.51. The first kappa shape index (κ1) is 24.9. The summed E-state index contributed by atoms with van der Waals surface area (Å²) in [5.41, 5.74) is 1.54. The smallest absolute Gasteiger partial charge is 0.300 e. The van der Waals surface area contributed by atoms with Crippen LogP contribution in [0.1, 0.15) is 31.0 Å². The fourth-order valence-electron chi connectivity index (χ4n) is 4.10. The summed E-state index contributed by atoms with van der Waals surface area (Å²) in [6.45, 7) is 4.69. The zero-order valence-electron chi connectivity index (χ0n) is 20.7. The summed E-state index contributed by atoms with van der Waals surface area (Å²) in [6, 6.07) is 19.9. The van der Waals surface area contributed by atoms with E-state index in [2.05, 4.69) is 13.8 Å². The van der Waals surface area contributed by atoms with Crippen LogP contribution < -0.4 is 19.1 Å². The quantitative estimate of drug-likeness (QED) is 0.261. The van der Waals surface area contributed by atoms with Crippen LogP contribution in [-0.2, 0) is 9.59 Å². The van der Waals surface area contributed by atoms with Crippen molar-refractivity contribution in [2.45, 2.75) is 19.9 Å². The Balaban J connectivity index is 1.83. The molecular formula is C29H29NO6. The zero-order chi connectivity index (χ0) is 25.8. The molecule has 0 spiro atoms. The number of nitrogens with zero attached hydrogens (tertiary/aromatic N) is 1. The van der Waals surface area contributed by atoms with E-state index in [1.807, 2.05) is 0 Å². The van der Waals surface area contributed by atoms with Crippen molar-refractivity contribution in [3.63, 3.8) is 0 Å². The number of hydrogen-bond acceptors (Lipinski definition) is 6. The molecule has 7 heteroatoms. The van der Waals surface area contributed by atoms with Crippen molar-refractivity contribution in [1.82, 2.24) is 0 Å². The maximum Gasteiger partial charge on any atom is 0.300 e. The molecule has 7 nitrogen and oxygen atoms in total. The van der Waals surface area contributed by atoms with Crippen molar-refractivity contribution in [1.29, 1.82) is 0 Å². The molecular weight excluding hydrogens is 458 g/mol. The number of ketones is 1. The molecule has 4 rings (SSSR count). The normalized spacial score (nSPS) is 16.9. The van der Waals surface area contributed by atoms with E-state index in [1.54, 1.807) is 87.0 Å². The summed E-state index contributed by atoms with van der Waals surface area (Å²) < 4.78 is 16.3. The first-order chi connectivity index (χ1) is 17.3. The SMILES string of the molecule is COc1ccc(/C(O)=C2/C(=O)C(=O)N(c3ccc(OCC(C)C)cc3)C2c2cccc(OC)c2)cc1. The van der Waals surface area contributed by atoms with Crippen LogP contribution in [0.4, 0.5) is 5.69 Å². The van der Waals surface area contributed by atoms with Crippen molar-refractivity contribution < 1.29 is 28.9 Å².